The summed E-state index contributed by atoms with van der Waals surface area (Å²) in [4.78, 5) is 0. The number of rotatable bonds is 6. The van der Waals surface area contributed by atoms with Crippen molar-refractivity contribution in [2.24, 2.45) is 0 Å². The average Bonchev–Trinajstić information content (AvgIpc) is 2.36. The minimum atomic E-state index is -0.733. The molecule has 1 aliphatic rings. The first kappa shape index (κ1) is 14.5. The van der Waals surface area contributed by atoms with Gasteiger partial charge in [-0.1, -0.05) is 12.1 Å². The van der Waals surface area contributed by atoms with Gasteiger partial charge in [0.15, 0.2) is 0 Å². The Morgan fingerprint density at radius 1 is 1.47 bits per heavy atom. The molecule has 0 spiro atoms. The highest BCUT2D eigenvalue weighted by molar-refractivity contribution is 7.84. The van der Waals surface area contributed by atoms with Crippen LogP contribution in [0, 0.1) is 0 Å². The normalized spacial score (nSPS) is 25.4. The number of hydrogen-bond acceptors (Lipinski definition) is 3. The van der Waals surface area contributed by atoms with Crippen LogP contribution in [0.2, 0.25) is 0 Å². The van der Waals surface area contributed by atoms with Gasteiger partial charge in [-0.25, -0.2) is 0 Å². The van der Waals surface area contributed by atoms with Crippen molar-refractivity contribution in [3.63, 3.8) is 0 Å². The topological polar surface area (TPSA) is 38.3 Å². The summed E-state index contributed by atoms with van der Waals surface area (Å²) in [7, 11) is 0.972. The quantitative estimate of drug-likeness (QED) is 0.869. The van der Waals surface area contributed by atoms with E-state index in [9.17, 15) is 4.21 Å². The molecule has 1 aromatic rings. The van der Waals surface area contributed by atoms with Crippen molar-refractivity contribution in [2.45, 2.75) is 37.0 Å². The summed E-state index contributed by atoms with van der Waals surface area (Å²) in [5.41, 5.74) is 1.37. The summed E-state index contributed by atoms with van der Waals surface area (Å²) in [5, 5.41) is 3.74. The predicted octanol–water partition coefficient (Wildman–Crippen LogP) is 2.30. The van der Waals surface area contributed by atoms with Crippen molar-refractivity contribution < 1.29 is 8.95 Å². The fraction of sp³-hybridized carbons (Fsp3) is 0.600. The molecule has 1 aromatic carbocycles. The fourth-order valence-corrected chi connectivity index (χ4v) is 2.73. The molecule has 0 bridgehead atoms. The van der Waals surface area contributed by atoms with Gasteiger partial charge >= 0.3 is 0 Å². The third-order valence-corrected chi connectivity index (χ3v) is 5.26. The highest BCUT2D eigenvalue weighted by atomic mass is 32.2. The molecule has 0 amide bonds. The van der Waals surface area contributed by atoms with Gasteiger partial charge in [0, 0.05) is 34.9 Å². The zero-order valence-corrected chi connectivity index (χ0v) is 12.7. The largest absolute Gasteiger partial charge is 0.497 e. The van der Waals surface area contributed by atoms with E-state index in [4.69, 9.17) is 4.74 Å². The summed E-state index contributed by atoms with van der Waals surface area (Å²) in [6.45, 7) is 2.87. The van der Waals surface area contributed by atoms with Gasteiger partial charge in [-0.05, 0) is 43.4 Å². The zero-order valence-electron chi connectivity index (χ0n) is 11.9. The molecular formula is C15H23NO2S. The molecule has 2 unspecified atom stereocenters. The number of ether oxygens (including phenoxy) is 1. The molecule has 4 heteroatoms. The van der Waals surface area contributed by atoms with E-state index >= 15 is 0 Å². The fourth-order valence-electron chi connectivity index (χ4n) is 2.40. The highest BCUT2D eigenvalue weighted by Crippen LogP contribution is 2.37. The predicted molar refractivity (Wildman–Crippen MR) is 80.3 cm³/mol. The first-order valence-electron chi connectivity index (χ1n) is 6.79. The van der Waals surface area contributed by atoms with E-state index in [-0.39, 0.29) is 5.25 Å². The number of nitrogens with one attached hydrogen (secondary N) is 1. The molecule has 2 rings (SSSR count). The first-order chi connectivity index (χ1) is 9.10. The van der Waals surface area contributed by atoms with Gasteiger partial charge in [-0.15, -0.1) is 0 Å². The molecule has 3 nitrogen and oxygen atoms in total. The Bertz CT molecular complexity index is 444. The minimum absolute atomic E-state index is 0.232. The van der Waals surface area contributed by atoms with Crippen molar-refractivity contribution >= 4 is 10.8 Å². The van der Waals surface area contributed by atoms with Crippen LogP contribution in [0.5, 0.6) is 5.75 Å². The second kappa shape index (κ2) is 6.53. The second-order valence-electron chi connectivity index (χ2n) is 5.36. The molecule has 106 valence electrons. The van der Waals surface area contributed by atoms with Crippen LogP contribution < -0.4 is 10.1 Å². The van der Waals surface area contributed by atoms with Gasteiger partial charge in [0.1, 0.15) is 5.75 Å². The van der Waals surface area contributed by atoms with E-state index in [0.717, 1.165) is 25.1 Å². The average molecular weight is 281 g/mol. The number of methoxy groups -OCH3 is 1. The summed E-state index contributed by atoms with van der Waals surface area (Å²) in [6.07, 6.45) is 4.10. The van der Waals surface area contributed by atoms with Gasteiger partial charge in [0.2, 0.25) is 0 Å². The molecule has 1 fully saturated rings. The van der Waals surface area contributed by atoms with Crippen LogP contribution in [-0.2, 0) is 10.8 Å². The van der Waals surface area contributed by atoms with E-state index in [1.807, 2.05) is 13.0 Å². The third-order valence-electron chi connectivity index (χ3n) is 3.96. The maximum atomic E-state index is 11.3. The first-order valence-corrected chi connectivity index (χ1v) is 8.42. The van der Waals surface area contributed by atoms with Crippen LogP contribution in [0.25, 0.3) is 0 Å². The summed E-state index contributed by atoms with van der Waals surface area (Å²) >= 11 is 0. The molecular weight excluding hydrogens is 258 g/mol. The maximum absolute atomic E-state index is 11.3. The lowest BCUT2D eigenvalue weighted by molar-refractivity contribution is 0.291. The van der Waals surface area contributed by atoms with Crippen LogP contribution in [0.1, 0.15) is 31.2 Å². The van der Waals surface area contributed by atoms with Gasteiger partial charge < -0.3 is 10.1 Å². The van der Waals surface area contributed by atoms with E-state index in [0.29, 0.717) is 12.0 Å². The Labute approximate surface area is 118 Å². The molecule has 2 atom stereocenters. The zero-order chi connectivity index (χ0) is 13.8. The van der Waals surface area contributed by atoms with Crippen molar-refractivity contribution in [2.75, 3.05) is 19.9 Å². The minimum Gasteiger partial charge on any atom is -0.497 e. The van der Waals surface area contributed by atoms with Crippen molar-refractivity contribution in [3.05, 3.63) is 29.8 Å². The molecule has 0 aliphatic heterocycles. The van der Waals surface area contributed by atoms with Crippen LogP contribution >= 0.6 is 0 Å². The molecule has 19 heavy (non-hydrogen) atoms. The van der Waals surface area contributed by atoms with Crippen LogP contribution in [-0.4, -0.2) is 35.4 Å². The molecule has 1 saturated carbocycles. The molecule has 0 aromatic heterocycles. The van der Waals surface area contributed by atoms with E-state index < -0.39 is 10.8 Å². The monoisotopic (exact) mass is 281 g/mol. The Morgan fingerprint density at radius 3 is 2.84 bits per heavy atom. The Balaban J connectivity index is 1.78. The Kier molecular flexibility index (Phi) is 4.99. The van der Waals surface area contributed by atoms with E-state index in [1.165, 1.54) is 5.56 Å². The number of hydrogen-bond donors (Lipinski definition) is 1. The van der Waals surface area contributed by atoms with Crippen molar-refractivity contribution in [3.8, 4) is 5.75 Å². The Hall–Kier alpha value is -0.870. The Morgan fingerprint density at radius 2 is 2.21 bits per heavy atom. The molecule has 0 radical (unpaired) electrons. The summed E-state index contributed by atoms with van der Waals surface area (Å²) in [5.74, 6) is 1.57. The van der Waals surface area contributed by atoms with Crippen molar-refractivity contribution in [1.29, 1.82) is 0 Å². The van der Waals surface area contributed by atoms with Gasteiger partial charge in [-0.3, -0.25) is 4.21 Å². The second-order valence-corrected chi connectivity index (χ2v) is 7.16. The van der Waals surface area contributed by atoms with E-state index in [1.54, 1.807) is 13.4 Å². The van der Waals surface area contributed by atoms with Crippen molar-refractivity contribution in [1.82, 2.24) is 5.32 Å². The molecule has 0 saturated heterocycles. The summed E-state index contributed by atoms with van der Waals surface area (Å²) in [6, 6.07) is 8.91. The summed E-state index contributed by atoms with van der Waals surface area (Å²) < 4.78 is 16.5. The smallest absolute Gasteiger partial charge is 0.119 e. The van der Waals surface area contributed by atoms with Crippen LogP contribution in [0.15, 0.2) is 24.3 Å². The SMILES string of the molecule is COc1cccc(C2CC(NCC(C)S(C)=O)C2)c1. The molecule has 0 heterocycles. The van der Waals surface area contributed by atoms with E-state index in [2.05, 4.69) is 23.5 Å². The van der Waals surface area contributed by atoms with Crippen LogP contribution in [0.3, 0.4) is 0 Å². The highest BCUT2D eigenvalue weighted by Gasteiger charge is 2.30. The molecule has 1 N–H and O–H groups in total. The third kappa shape index (κ3) is 3.80. The van der Waals surface area contributed by atoms with Gasteiger partial charge in [-0.2, -0.15) is 0 Å². The standard InChI is InChI=1S/C15H23NO2S/c1-11(19(3)17)10-16-14-7-13(8-14)12-5-4-6-15(9-12)18-2/h4-6,9,11,13-14,16H,7-8,10H2,1-3H3. The maximum Gasteiger partial charge on any atom is 0.119 e. The van der Waals surface area contributed by atoms with Crippen LogP contribution in [0.4, 0.5) is 0 Å². The lowest BCUT2D eigenvalue weighted by atomic mass is 9.76. The lowest BCUT2D eigenvalue weighted by Crippen LogP contribution is -2.43. The van der Waals surface area contributed by atoms with Gasteiger partial charge in [0.05, 0.1) is 7.11 Å². The lowest BCUT2D eigenvalue weighted by Gasteiger charge is -2.37. The molecule has 1 aliphatic carbocycles. The number of benzene rings is 1. The van der Waals surface area contributed by atoms with Gasteiger partial charge in [0.25, 0.3) is 0 Å².